The summed E-state index contributed by atoms with van der Waals surface area (Å²) in [5.74, 6) is -0.261. The predicted octanol–water partition coefficient (Wildman–Crippen LogP) is 6.65. The van der Waals surface area contributed by atoms with E-state index in [4.69, 9.17) is 25.8 Å². The number of carbonyl (C=O) groups is 1. The Morgan fingerprint density at radius 1 is 1.15 bits per heavy atom. The fourth-order valence-corrected chi connectivity index (χ4v) is 7.08. The number of likely N-dealkylation sites (tertiary alicyclic amines) is 1. The molecule has 276 valence electrons. The van der Waals surface area contributed by atoms with E-state index in [2.05, 4.69) is 59.4 Å². The molecule has 10 nitrogen and oxygen atoms in total. The van der Waals surface area contributed by atoms with Crippen LogP contribution in [-0.4, -0.2) is 76.7 Å². The molecule has 2 aromatic carbocycles. The van der Waals surface area contributed by atoms with E-state index in [0.29, 0.717) is 46.4 Å². The van der Waals surface area contributed by atoms with Crippen molar-refractivity contribution < 1.29 is 29.2 Å². The highest BCUT2D eigenvalue weighted by atomic mass is 35.5. The number of ether oxygens (including phenoxy) is 3. The topological polar surface area (TPSA) is 137 Å². The fraction of sp³-hybridized carbons (Fsp3) is 0.439. The zero-order chi connectivity index (χ0) is 37.3. The Morgan fingerprint density at radius 2 is 1.94 bits per heavy atom. The van der Waals surface area contributed by atoms with Crippen molar-refractivity contribution in [1.29, 1.82) is 5.26 Å². The first kappa shape index (κ1) is 39.0. The van der Waals surface area contributed by atoms with Gasteiger partial charge in [-0.15, -0.1) is 0 Å². The number of aliphatic hydroxyl groups excluding tert-OH is 1. The van der Waals surface area contributed by atoms with Gasteiger partial charge in [-0.1, -0.05) is 81.8 Å². The summed E-state index contributed by atoms with van der Waals surface area (Å²) in [6, 6.07) is 16.7. The molecule has 2 unspecified atom stereocenters. The van der Waals surface area contributed by atoms with Crippen molar-refractivity contribution in [3.63, 3.8) is 0 Å². The van der Waals surface area contributed by atoms with Gasteiger partial charge in [-0.25, -0.2) is 0 Å². The summed E-state index contributed by atoms with van der Waals surface area (Å²) in [4.78, 5) is 18.3. The third kappa shape index (κ3) is 9.40. The first-order chi connectivity index (χ1) is 24.9. The molecular formula is C41H49ClN4O6. The average molecular weight is 729 g/mol. The van der Waals surface area contributed by atoms with Gasteiger partial charge < -0.3 is 29.3 Å². The summed E-state index contributed by atoms with van der Waals surface area (Å²) in [6.45, 7) is 11.3. The predicted molar refractivity (Wildman–Crippen MR) is 201 cm³/mol. The number of hydrogen-bond donors (Lipinski definition) is 3. The monoisotopic (exact) mass is 728 g/mol. The van der Waals surface area contributed by atoms with E-state index < -0.39 is 23.0 Å². The largest absolute Gasteiger partial charge is 0.488 e. The molecule has 11 heteroatoms. The molecule has 0 bridgehead atoms. The second-order valence-electron chi connectivity index (χ2n) is 14.4. The normalized spacial score (nSPS) is 20.3. The van der Waals surface area contributed by atoms with Crippen LogP contribution < -0.4 is 14.8 Å². The van der Waals surface area contributed by atoms with Gasteiger partial charge >= 0.3 is 5.97 Å². The maximum Gasteiger partial charge on any atom is 0.320 e. The molecule has 1 fully saturated rings. The lowest BCUT2D eigenvalue weighted by molar-refractivity contribution is -0.140. The number of β-amino-alcohol motifs (C(OH)–C–C–N with tert-alkyl or cyclic N) is 1. The molecule has 52 heavy (non-hydrogen) atoms. The molecule has 1 saturated heterocycles. The van der Waals surface area contributed by atoms with Crippen LogP contribution in [0.2, 0.25) is 5.02 Å². The van der Waals surface area contributed by atoms with E-state index in [-0.39, 0.29) is 31.8 Å². The average Bonchev–Trinajstić information content (AvgIpc) is 3.54. The third-order valence-electron chi connectivity index (χ3n) is 9.99. The molecule has 2 aliphatic rings. The van der Waals surface area contributed by atoms with Crippen LogP contribution in [-0.2, 0) is 22.7 Å². The smallest absolute Gasteiger partial charge is 0.320 e. The first-order valence-electron chi connectivity index (χ1n) is 17.8. The third-order valence-corrected chi connectivity index (χ3v) is 10.3. The van der Waals surface area contributed by atoms with Crippen molar-refractivity contribution >= 4 is 23.1 Å². The molecule has 1 aromatic heterocycles. The molecule has 0 radical (unpaired) electrons. The number of nitriles is 1. The molecule has 2 heterocycles. The van der Waals surface area contributed by atoms with E-state index in [1.807, 2.05) is 38.1 Å². The van der Waals surface area contributed by atoms with E-state index in [0.717, 1.165) is 37.1 Å². The van der Waals surface area contributed by atoms with Crippen molar-refractivity contribution in [2.24, 2.45) is 11.3 Å². The number of benzene rings is 2. The van der Waals surface area contributed by atoms with Gasteiger partial charge in [0, 0.05) is 67.8 Å². The second-order valence-corrected chi connectivity index (χ2v) is 14.8. The van der Waals surface area contributed by atoms with Gasteiger partial charge in [0.25, 0.3) is 0 Å². The Kier molecular flexibility index (Phi) is 13.1. The molecule has 0 spiro atoms. The van der Waals surface area contributed by atoms with Crippen LogP contribution in [0.15, 0.2) is 79.2 Å². The number of rotatable bonds is 17. The maximum absolute atomic E-state index is 11.9. The molecule has 3 N–H and O–H groups in total. The summed E-state index contributed by atoms with van der Waals surface area (Å²) in [5, 5.41) is 32.6. The highest BCUT2D eigenvalue weighted by Gasteiger charge is 2.49. The van der Waals surface area contributed by atoms with Crippen LogP contribution in [0.4, 0.5) is 0 Å². The molecule has 1 aliphatic heterocycles. The van der Waals surface area contributed by atoms with Crippen LogP contribution >= 0.6 is 11.6 Å². The molecule has 3 aromatic rings. The lowest BCUT2D eigenvalue weighted by Crippen LogP contribution is -2.52. The first-order valence-corrected chi connectivity index (χ1v) is 18.2. The van der Waals surface area contributed by atoms with Gasteiger partial charge in [0.1, 0.15) is 42.4 Å². The summed E-state index contributed by atoms with van der Waals surface area (Å²) in [7, 11) is 0. The number of allylic oxidation sites excluding steroid dienone is 2. The standard InChI is InChI=1S/C41H49ClN4O6/c1-28(2)38(39(48)49)45-24-32-19-35(42)37(20-36(32)50-26-30-18-29(21-43)22-44-23-30)51-27-41(52-17-9-15-46-16-13-33(47)25-46)14-8-12-34(40(41,3)4)31-10-6-5-7-11-31/h5-8,10-12,14,18-20,22-23,28,33,38,45,47H,9,13,15-17,24-27H2,1-4H3,(H,48,49)/t33-,38?,41?/m1/s1. The zero-order valence-electron chi connectivity index (χ0n) is 30.3. The van der Waals surface area contributed by atoms with Gasteiger partial charge in [-0.05, 0) is 48.1 Å². The number of nitrogens with zero attached hydrogens (tertiary/aromatic N) is 3. The fourth-order valence-electron chi connectivity index (χ4n) is 6.84. The van der Waals surface area contributed by atoms with Crippen LogP contribution in [0.3, 0.4) is 0 Å². The molecular weight excluding hydrogens is 680 g/mol. The number of carboxylic acid groups (broad SMARTS) is 1. The quantitative estimate of drug-likeness (QED) is 0.130. The number of nitrogens with one attached hydrogen (secondary N) is 1. The minimum atomic E-state index is -0.946. The minimum absolute atomic E-state index is 0.116. The lowest BCUT2D eigenvalue weighted by atomic mass is 9.65. The minimum Gasteiger partial charge on any atom is -0.488 e. The van der Waals surface area contributed by atoms with Crippen molar-refractivity contribution in [3.05, 3.63) is 106 Å². The highest BCUT2D eigenvalue weighted by Crippen LogP contribution is 2.49. The van der Waals surface area contributed by atoms with Crippen molar-refractivity contribution in [2.45, 2.75) is 71.4 Å². The summed E-state index contributed by atoms with van der Waals surface area (Å²) in [6.07, 6.45) is 10.6. The van der Waals surface area contributed by atoms with E-state index in [1.54, 1.807) is 24.4 Å². The van der Waals surface area contributed by atoms with Gasteiger partial charge in [0.15, 0.2) is 0 Å². The number of hydrogen-bond acceptors (Lipinski definition) is 9. The van der Waals surface area contributed by atoms with Gasteiger partial charge in [-0.3, -0.25) is 15.1 Å². The van der Waals surface area contributed by atoms with Crippen LogP contribution in [0.1, 0.15) is 62.8 Å². The van der Waals surface area contributed by atoms with Crippen LogP contribution in [0.5, 0.6) is 11.5 Å². The van der Waals surface area contributed by atoms with Gasteiger partial charge in [0.05, 0.1) is 16.7 Å². The Morgan fingerprint density at radius 3 is 2.63 bits per heavy atom. The van der Waals surface area contributed by atoms with E-state index in [1.165, 1.54) is 6.20 Å². The number of aliphatic carboxylic acids is 1. The van der Waals surface area contributed by atoms with E-state index >= 15 is 0 Å². The number of aliphatic hydroxyl groups is 1. The van der Waals surface area contributed by atoms with Crippen molar-refractivity contribution in [1.82, 2.24) is 15.2 Å². The number of aromatic nitrogens is 1. The zero-order valence-corrected chi connectivity index (χ0v) is 31.1. The van der Waals surface area contributed by atoms with Crippen LogP contribution in [0, 0.1) is 22.7 Å². The van der Waals surface area contributed by atoms with E-state index in [9.17, 15) is 20.3 Å². The van der Waals surface area contributed by atoms with Crippen LogP contribution in [0.25, 0.3) is 5.57 Å². The SMILES string of the molecule is CC(C)C(NCc1cc(Cl)c(OCC2(OCCCN3CC[C@@H](O)C3)C=CC=C(c3ccccc3)C2(C)C)cc1OCc1cncc(C#N)c1)C(=O)O. The van der Waals surface area contributed by atoms with Crippen molar-refractivity contribution in [2.75, 3.05) is 32.8 Å². The molecule has 5 rings (SSSR count). The number of carboxylic acids is 1. The highest BCUT2D eigenvalue weighted by molar-refractivity contribution is 6.32. The maximum atomic E-state index is 11.9. The summed E-state index contributed by atoms with van der Waals surface area (Å²) < 4.78 is 19.8. The molecule has 1 aliphatic carbocycles. The van der Waals surface area contributed by atoms with Gasteiger partial charge in [0.2, 0.25) is 0 Å². The Bertz CT molecular complexity index is 1790. The summed E-state index contributed by atoms with van der Waals surface area (Å²) >= 11 is 6.90. The Balaban J connectivity index is 1.42. The molecule has 3 atom stereocenters. The molecule has 0 saturated carbocycles. The second kappa shape index (κ2) is 17.5. The Labute approximate surface area is 311 Å². The number of halogens is 1. The van der Waals surface area contributed by atoms with Crippen molar-refractivity contribution in [3.8, 4) is 17.6 Å². The Hall–Kier alpha value is -4.24. The molecule has 0 amide bonds. The number of pyridine rings is 1. The van der Waals surface area contributed by atoms with Gasteiger partial charge in [-0.2, -0.15) is 5.26 Å². The summed E-state index contributed by atoms with van der Waals surface area (Å²) in [5.41, 5.74) is 2.58. The lowest BCUT2D eigenvalue weighted by Gasteiger charge is -2.47.